The predicted octanol–water partition coefficient (Wildman–Crippen LogP) is 6.12. The Balaban J connectivity index is 1.65. The minimum absolute atomic E-state index is 0.205. The third kappa shape index (κ3) is 5.42. The Morgan fingerprint density at radius 3 is 2.51 bits per heavy atom. The van der Waals surface area contributed by atoms with Gasteiger partial charge in [-0.3, -0.25) is 14.9 Å². The number of nitrogens with zero attached hydrogens (tertiary/aromatic N) is 1. The van der Waals surface area contributed by atoms with Crippen LogP contribution in [-0.2, 0) is 16.2 Å². The number of imide groups is 2. The van der Waals surface area contributed by atoms with Gasteiger partial charge in [0.2, 0.25) is 0 Å². The lowest BCUT2D eigenvalue weighted by Crippen LogP contribution is -2.54. The number of barbiturate groups is 1. The standard InChI is InChI=1S/C25H17Br2ClN2O5/c1-34-21-11-14(10-19(27)22(21)35-13-15-5-2-3-8-20(15)28)9-18-23(31)29-25(33)30(24(18)32)17-7-4-6-16(26)12-17/h2-12H,13H2,1H3,(H,29,31,33). The van der Waals surface area contributed by atoms with Crippen molar-refractivity contribution in [1.29, 1.82) is 0 Å². The third-order valence-corrected chi connectivity index (χ3v) is 6.51. The minimum atomic E-state index is -0.822. The van der Waals surface area contributed by atoms with E-state index in [1.54, 1.807) is 42.5 Å². The van der Waals surface area contributed by atoms with E-state index in [-0.39, 0.29) is 12.2 Å². The van der Waals surface area contributed by atoms with E-state index in [9.17, 15) is 14.4 Å². The Morgan fingerprint density at radius 2 is 1.80 bits per heavy atom. The van der Waals surface area contributed by atoms with Gasteiger partial charge in [-0.2, -0.15) is 0 Å². The van der Waals surface area contributed by atoms with Gasteiger partial charge in [0.05, 0.1) is 17.3 Å². The molecule has 1 N–H and O–H groups in total. The fourth-order valence-electron chi connectivity index (χ4n) is 3.40. The van der Waals surface area contributed by atoms with Gasteiger partial charge in [0.1, 0.15) is 12.2 Å². The lowest BCUT2D eigenvalue weighted by atomic mass is 10.1. The van der Waals surface area contributed by atoms with Gasteiger partial charge in [-0.25, -0.2) is 9.69 Å². The number of hydrogen-bond acceptors (Lipinski definition) is 5. The Kier molecular flexibility index (Phi) is 7.59. The van der Waals surface area contributed by atoms with E-state index in [0.29, 0.717) is 36.7 Å². The van der Waals surface area contributed by atoms with Gasteiger partial charge in [0.15, 0.2) is 11.5 Å². The number of rotatable bonds is 6. The average Bonchev–Trinajstić information content (AvgIpc) is 2.81. The summed E-state index contributed by atoms with van der Waals surface area (Å²) in [5, 5.41) is 2.79. The maximum Gasteiger partial charge on any atom is 0.335 e. The summed E-state index contributed by atoms with van der Waals surface area (Å²) in [6, 6.07) is 16.5. The second-order valence-corrected chi connectivity index (χ2v) is 9.53. The number of nitrogens with one attached hydrogen (secondary N) is 1. The molecule has 4 rings (SSSR count). The van der Waals surface area contributed by atoms with Crippen LogP contribution in [0, 0.1) is 0 Å². The Morgan fingerprint density at radius 1 is 1.03 bits per heavy atom. The lowest BCUT2D eigenvalue weighted by molar-refractivity contribution is -0.122. The smallest absolute Gasteiger partial charge is 0.335 e. The van der Waals surface area contributed by atoms with Gasteiger partial charge in [-0.05, 0) is 64.0 Å². The largest absolute Gasteiger partial charge is 0.493 e. The SMILES string of the molecule is COc1cc(C=C2C(=O)NC(=O)N(c3cccc(Br)c3)C2=O)cc(Br)c1OCc1ccccc1Cl. The van der Waals surface area contributed by atoms with E-state index >= 15 is 0 Å². The highest BCUT2D eigenvalue weighted by Crippen LogP contribution is 2.38. The van der Waals surface area contributed by atoms with Crippen LogP contribution in [0.2, 0.25) is 5.02 Å². The molecule has 0 bridgehead atoms. The summed E-state index contributed by atoms with van der Waals surface area (Å²) >= 11 is 13.0. The van der Waals surface area contributed by atoms with E-state index in [4.69, 9.17) is 21.1 Å². The van der Waals surface area contributed by atoms with Crippen molar-refractivity contribution in [3.05, 3.63) is 91.3 Å². The topological polar surface area (TPSA) is 84.9 Å². The minimum Gasteiger partial charge on any atom is -0.493 e. The first-order chi connectivity index (χ1) is 16.8. The molecule has 0 saturated carbocycles. The molecule has 0 atom stereocenters. The maximum atomic E-state index is 13.1. The molecular formula is C25H17Br2ClN2O5. The van der Waals surface area contributed by atoms with E-state index < -0.39 is 17.8 Å². The summed E-state index contributed by atoms with van der Waals surface area (Å²) in [6.45, 7) is 0.208. The summed E-state index contributed by atoms with van der Waals surface area (Å²) in [4.78, 5) is 39.0. The third-order valence-electron chi connectivity index (χ3n) is 5.06. The molecule has 3 aromatic rings. The second kappa shape index (κ2) is 10.6. The fourth-order valence-corrected chi connectivity index (χ4v) is 4.55. The van der Waals surface area contributed by atoms with Crippen molar-refractivity contribution >= 4 is 73.1 Å². The van der Waals surface area contributed by atoms with Crippen LogP contribution in [0.25, 0.3) is 6.08 Å². The Bertz CT molecular complexity index is 1380. The molecule has 7 nitrogen and oxygen atoms in total. The summed E-state index contributed by atoms with van der Waals surface area (Å²) in [5.41, 5.74) is 1.41. The molecule has 3 aromatic carbocycles. The number of amides is 4. The number of urea groups is 1. The summed E-state index contributed by atoms with van der Waals surface area (Å²) in [5.74, 6) is -0.729. The highest BCUT2D eigenvalue weighted by atomic mass is 79.9. The van der Waals surface area contributed by atoms with Gasteiger partial charge >= 0.3 is 6.03 Å². The normalized spacial score (nSPS) is 14.8. The number of methoxy groups -OCH3 is 1. The summed E-state index contributed by atoms with van der Waals surface area (Å²) < 4.78 is 12.6. The lowest BCUT2D eigenvalue weighted by Gasteiger charge is -2.26. The first-order valence-corrected chi connectivity index (χ1v) is 12.2. The molecule has 10 heteroatoms. The van der Waals surface area contributed by atoms with Crippen molar-refractivity contribution in [3.8, 4) is 11.5 Å². The molecule has 0 radical (unpaired) electrons. The predicted molar refractivity (Wildman–Crippen MR) is 140 cm³/mol. The van der Waals surface area contributed by atoms with Gasteiger partial charge in [0.25, 0.3) is 11.8 Å². The second-order valence-electron chi connectivity index (χ2n) is 7.35. The zero-order chi connectivity index (χ0) is 25.1. The molecule has 4 amide bonds. The number of benzene rings is 3. The number of hydrogen-bond donors (Lipinski definition) is 1. The van der Waals surface area contributed by atoms with Crippen LogP contribution >= 0.6 is 43.5 Å². The monoisotopic (exact) mass is 618 g/mol. The first-order valence-electron chi connectivity index (χ1n) is 10.2. The van der Waals surface area contributed by atoms with Crippen molar-refractivity contribution in [1.82, 2.24) is 5.32 Å². The average molecular weight is 621 g/mol. The van der Waals surface area contributed by atoms with Crippen LogP contribution in [0.1, 0.15) is 11.1 Å². The van der Waals surface area contributed by atoms with Crippen LogP contribution in [-0.4, -0.2) is 25.0 Å². The highest BCUT2D eigenvalue weighted by Gasteiger charge is 2.37. The van der Waals surface area contributed by atoms with Gasteiger partial charge < -0.3 is 9.47 Å². The zero-order valence-electron chi connectivity index (χ0n) is 18.2. The molecular weight excluding hydrogens is 604 g/mol. The van der Waals surface area contributed by atoms with Gasteiger partial charge in [0, 0.05) is 15.1 Å². The van der Waals surface area contributed by atoms with Crippen molar-refractivity contribution in [2.24, 2.45) is 0 Å². The van der Waals surface area contributed by atoms with Crippen LogP contribution in [0.4, 0.5) is 10.5 Å². The number of anilines is 1. The molecule has 0 spiro atoms. The molecule has 0 unspecified atom stereocenters. The molecule has 1 fully saturated rings. The fraction of sp³-hybridized carbons (Fsp3) is 0.0800. The molecule has 178 valence electrons. The quantitative estimate of drug-likeness (QED) is 0.265. The van der Waals surface area contributed by atoms with Crippen molar-refractivity contribution in [2.45, 2.75) is 6.61 Å². The zero-order valence-corrected chi connectivity index (χ0v) is 22.1. The van der Waals surface area contributed by atoms with Gasteiger partial charge in [-0.1, -0.05) is 51.8 Å². The van der Waals surface area contributed by atoms with Crippen LogP contribution in [0.15, 0.2) is 75.2 Å². The molecule has 1 heterocycles. The number of carbonyl (C=O) groups is 3. The molecule has 1 saturated heterocycles. The molecule has 1 aliphatic heterocycles. The van der Waals surface area contributed by atoms with Crippen molar-refractivity contribution in [2.75, 3.05) is 12.0 Å². The van der Waals surface area contributed by atoms with Crippen LogP contribution < -0.4 is 19.7 Å². The van der Waals surface area contributed by atoms with Crippen molar-refractivity contribution in [3.63, 3.8) is 0 Å². The molecule has 35 heavy (non-hydrogen) atoms. The number of carbonyl (C=O) groups excluding carboxylic acids is 3. The van der Waals surface area contributed by atoms with Crippen LogP contribution in [0.3, 0.4) is 0 Å². The van der Waals surface area contributed by atoms with Crippen molar-refractivity contribution < 1.29 is 23.9 Å². The summed E-state index contributed by atoms with van der Waals surface area (Å²) in [7, 11) is 1.48. The van der Waals surface area contributed by atoms with E-state index in [1.165, 1.54) is 13.2 Å². The number of halogens is 3. The van der Waals surface area contributed by atoms with Gasteiger partial charge in [-0.15, -0.1) is 0 Å². The molecule has 0 aromatic heterocycles. The summed E-state index contributed by atoms with van der Waals surface area (Å²) in [6.07, 6.45) is 1.39. The highest BCUT2D eigenvalue weighted by molar-refractivity contribution is 9.10. The van der Waals surface area contributed by atoms with E-state index in [0.717, 1.165) is 10.5 Å². The molecule has 1 aliphatic rings. The molecule has 0 aliphatic carbocycles. The van der Waals surface area contributed by atoms with E-state index in [1.807, 2.05) is 18.2 Å². The number of ether oxygens (including phenoxy) is 2. The van der Waals surface area contributed by atoms with E-state index in [2.05, 4.69) is 37.2 Å². The van der Waals surface area contributed by atoms with Crippen LogP contribution in [0.5, 0.6) is 11.5 Å². The Hall–Kier alpha value is -3.14. The Labute approximate surface area is 222 Å². The maximum absolute atomic E-state index is 13.1. The first kappa shape index (κ1) is 25.0.